The largest absolute Gasteiger partial charge is 0.441 e. The summed E-state index contributed by atoms with van der Waals surface area (Å²) in [5.74, 6) is 1.04. The molecular formula is C22H22FN5O2S. The number of hydrogen-bond acceptors (Lipinski definition) is 7. The van der Waals surface area contributed by atoms with E-state index in [0.717, 1.165) is 37.0 Å². The summed E-state index contributed by atoms with van der Waals surface area (Å²) >= 11 is 1.00. The van der Waals surface area contributed by atoms with Crippen LogP contribution in [0.25, 0.3) is 11.4 Å². The molecule has 1 spiro atoms. The number of nitrogens with zero attached hydrogens (tertiary/aromatic N) is 4. The molecule has 0 atom stereocenters. The van der Waals surface area contributed by atoms with Crippen molar-refractivity contribution in [3.05, 3.63) is 53.9 Å². The molecular weight excluding hydrogens is 417 g/mol. The summed E-state index contributed by atoms with van der Waals surface area (Å²) in [5.41, 5.74) is 0.373. The predicted molar refractivity (Wildman–Crippen MR) is 117 cm³/mol. The zero-order chi connectivity index (χ0) is 21.3. The lowest BCUT2D eigenvalue weighted by molar-refractivity contribution is 0.0148. The van der Waals surface area contributed by atoms with Crippen molar-refractivity contribution in [3.63, 3.8) is 0 Å². The van der Waals surface area contributed by atoms with Crippen molar-refractivity contribution < 1.29 is 13.9 Å². The molecule has 0 radical (unpaired) electrons. The molecule has 2 aliphatic rings. The molecule has 0 aromatic carbocycles. The Morgan fingerprint density at radius 1 is 1.16 bits per heavy atom. The molecule has 1 saturated carbocycles. The number of rotatable bonds is 5. The van der Waals surface area contributed by atoms with Crippen molar-refractivity contribution in [2.45, 2.75) is 31.3 Å². The Morgan fingerprint density at radius 3 is 2.65 bits per heavy atom. The van der Waals surface area contributed by atoms with Gasteiger partial charge in [0.15, 0.2) is 5.13 Å². The van der Waals surface area contributed by atoms with E-state index in [4.69, 9.17) is 4.74 Å². The van der Waals surface area contributed by atoms with Crippen LogP contribution >= 0.6 is 11.3 Å². The smallest absolute Gasteiger partial charge is 0.416 e. The minimum absolute atomic E-state index is 0.281. The first-order valence-corrected chi connectivity index (χ1v) is 11.2. The van der Waals surface area contributed by atoms with E-state index in [0.29, 0.717) is 35.7 Å². The lowest BCUT2D eigenvalue weighted by Crippen LogP contribution is -2.39. The first-order valence-electron chi connectivity index (χ1n) is 10.4. The molecule has 5 rings (SSSR count). The highest BCUT2D eigenvalue weighted by Crippen LogP contribution is 2.40. The van der Waals surface area contributed by atoms with Gasteiger partial charge < -0.3 is 10.1 Å². The lowest BCUT2D eigenvalue weighted by Gasteiger charge is -2.35. The van der Waals surface area contributed by atoms with Crippen LogP contribution in [-0.4, -0.2) is 39.7 Å². The standard InChI is InChI=1S/C22H22FN5O2S/c23-19-18(16-5-1-3-11-24-16)27-20(31-19)26-13-15-7-9-22(10-8-15)14-28(21(29)30-22)17-6-2-4-12-25-17/h1-6,11-12,15H,7-10,13-14H2,(H,26,27)/t15-,22-. The van der Waals surface area contributed by atoms with Gasteiger partial charge in [-0.3, -0.25) is 9.88 Å². The number of halogens is 1. The normalized spacial score (nSPS) is 23.2. The molecule has 0 unspecified atom stereocenters. The third kappa shape index (κ3) is 4.10. The highest BCUT2D eigenvalue weighted by molar-refractivity contribution is 7.14. The van der Waals surface area contributed by atoms with Gasteiger partial charge in [0.2, 0.25) is 5.13 Å². The summed E-state index contributed by atoms with van der Waals surface area (Å²) in [6.07, 6.45) is 6.45. The van der Waals surface area contributed by atoms with Crippen LogP contribution in [0.4, 0.5) is 20.1 Å². The summed E-state index contributed by atoms with van der Waals surface area (Å²) in [4.78, 5) is 26.8. The van der Waals surface area contributed by atoms with Gasteiger partial charge in [-0.05, 0) is 55.9 Å². The van der Waals surface area contributed by atoms with Crippen LogP contribution in [0.5, 0.6) is 0 Å². The average Bonchev–Trinajstić information content (AvgIpc) is 3.34. The number of nitrogens with one attached hydrogen (secondary N) is 1. The number of thiazole rings is 1. The number of amides is 1. The van der Waals surface area contributed by atoms with E-state index in [1.165, 1.54) is 0 Å². The Bertz CT molecular complexity index is 1050. The molecule has 1 N–H and O–H groups in total. The third-order valence-corrected chi connectivity index (χ3v) is 6.75. The number of carbonyl (C=O) groups is 1. The molecule has 1 aliphatic heterocycles. The second-order valence-electron chi connectivity index (χ2n) is 8.01. The molecule has 3 aromatic rings. The molecule has 1 saturated heterocycles. The van der Waals surface area contributed by atoms with Gasteiger partial charge in [-0.1, -0.05) is 23.5 Å². The molecule has 3 aromatic heterocycles. The molecule has 0 bridgehead atoms. The van der Waals surface area contributed by atoms with Gasteiger partial charge >= 0.3 is 6.09 Å². The average molecular weight is 440 g/mol. The van der Waals surface area contributed by atoms with Gasteiger partial charge in [0.05, 0.1) is 12.2 Å². The monoisotopic (exact) mass is 439 g/mol. The van der Waals surface area contributed by atoms with E-state index in [1.54, 1.807) is 29.4 Å². The number of anilines is 2. The Balaban J connectivity index is 1.17. The minimum atomic E-state index is -0.440. The quantitative estimate of drug-likeness (QED) is 0.619. The predicted octanol–water partition coefficient (Wildman–Crippen LogP) is 4.74. The maximum absolute atomic E-state index is 14.3. The molecule has 2 fully saturated rings. The van der Waals surface area contributed by atoms with Crippen LogP contribution in [0, 0.1) is 11.0 Å². The molecule has 1 amide bonds. The third-order valence-electron chi connectivity index (χ3n) is 5.95. The number of pyridine rings is 2. The second-order valence-corrected chi connectivity index (χ2v) is 8.95. The molecule has 7 nitrogen and oxygen atoms in total. The van der Waals surface area contributed by atoms with Gasteiger partial charge in [0, 0.05) is 18.9 Å². The van der Waals surface area contributed by atoms with Gasteiger partial charge in [-0.2, -0.15) is 4.39 Å². The molecule has 4 heterocycles. The molecule has 1 aliphatic carbocycles. The fraction of sp³-hybridized carbons (Fsp3) is 0.364. The van der Waals surface area contributed by atoms with Crippen LogP contribution in [0.3, 0.4) is 0 Å². The molecule has 9 heteroatoms. The highest BCUT2D eigenvalue weighted by atomic mass is 32.1. The van der Waals surface area contributed by atoms with Crippen LogP contribution in [-0.2, 0) is 4.74 Å². The van der Waals surface area contributed by atoms with Crippen LogP contribution in [0.1, 0.15) is 25.7 Å². The fourth-order valence-corrected chi connectivity index (χ4v) is 4.96. The van der Waals surface area contributed by atoms with Crippen molar-refractivity contribution >= 4 is 28.4 Å². The van der Waals surface area contributed by atoms with E-state index in [2.05, 4.69) is 20.3 Å². The summed E-state index contributed by atoms with van der Waals surface area (Å²) in [6, 6.07) is 10.9. The summed E-state index contributed by atoms with van der Waals surface area (Å²) < 4.78 is 20.1. The minimum Gasteiger partial charge on any atom is -0.441 e. The van der Waals surface area contributed by atoms with Crippen LogP contribution in [0.15, 0.2) is 48.8 Å². The zero-order valence-electron chi connectivity index (χ0n) is 16.8. The van der Waals surface area contributed by atoms with E-state index < -0.39 is 5.60 Å². The van der Waals surface area contributed by atoms with Gasteiger partial charge in [-0.15, -0.1) is 0 Å². The van der Waals surface area contributed by atoms with Crippen molar-refractivity contribution in [3.8, 4) is 11.4 Å². The first kappa shape index (κ1) is 19.9. The van der Waals surface area contributed by atoms with E-state index >= 15 is 0 Å². The van der Waals surface area contributed by atoms with Crippen LogP contribution < -0.4 is 10.2 Å². The number of ether oxygens (including phenoxy) is 1. The van der Waals surface area contributed by atoms with Crippen molar-refractivity contribution in [2.75, 3.05) is 23.3 Å². The van der Waals surface area contributed by atoms with Crippen molar-refractivity contribution in [2.24, 2.45) is 5.92 Å². The number of hydrogen-bond donors (Lipinski definition) is 1. The van der Waals surface area contributed by atoms with E-state index in [1.807, 2.05) is 24.3 Å². The summed E-state index contributed by atoms with van der Waals surface area (Å²) in [5, 5.41) is 3.50. The van der Waals surface area contributed by atoms with E-state index in [9.17, 15) is 9.18 Å². The lowest BCUT2D eigenvalue weighted by atomic mass is 9.78. The van der Waals surface area contributed by atoms with E-state index in [-0.39, 0.29) is 16.9 Å². The zero-order valence-corrected chi connectivity index (χ0v) is 17.6. The number of aromatic nitrogens is 3. The van der Waals surface area contributed by atoms with Gasteiger partial charge in [0.25, 0.3) is 0 Å². The summed E-state index contributed by atoms with van der Waals surface area (Å²) in [7, 11) is 0. The van der Waals surface area contributed by atoms with Crippen molar-refractivity contribution in [1.82, 2.24) is 15.0 Å². The van der Waals surface area contributed by atoms with Crippen molar-refractivity contribution in [1.29, 1.82) is 0 Å². The topological polar surface area (TPSA) is 80.2 Å². The Hall–Kier alpha value is -3.07. The summed E-state index contributed by atoms with van der Waals surface area (Å²) in [6.45, 7) is 1.25. The maximum Gasteiger partial charge on any atom is 0.416 e. The van der Waals surface area contributed by atoms with Gasteiger partial charge in [0.1, 0.15) is 17.1 Å². The molecule has 160 valence electrons. The second kappa shape index (κ2) is 8.22. The highest BCUT2D eigenvalue weighted by Gasteiger charge is 2.47. The maximum atomic E-state index is 14.3. The Morgan fingerprint density at radius 2 is 1.94 bits per heavy atom. The Kier molecular flexibility index (Phi) is 5.27. The SMILES string of the molecule is O=C1O[C@]2(CC[C@H](CNc3nc(-c4ccccn4)c(F)s3)CC2)CN1c1ccccn1. The van der Waals surface area contributed by atoms with Crippen LogP contribution in [0.2, 0.25) is 0 Å². The Labute approximate surface area is 183 Å². The first-order chi connectivity index (χ1) is 15.1. The fourth-order valence-electron chi connectivity index (χ4n) is 4.25. The van der Waals surface area contributed by atoms with Gasteiger partial charge in [-0.25, -0.2) is 14.8 Å². The molecule has 31 heavy (non-hydrogen) atoms. The number of carbonyl (C=O) groups excluding carboxylic acids is 1.